The van der Waals surface area contributed by atoms with E-state index in [4.69, 9.17) is 4.74 Å². The third kappa shape index (κ3) is 2.81. The van der Waals surface area contributed by atoms with Crippen molar-refractivity contribution in [2.45, 2.75) is 19.9 Å². The fraction of sp³-hybridized carbons (Fsp3) is 0.286. The summed E-state index contributed by atoms with van der Waals surface area (Å²) in [5.74, 6) is 0.278. The third-order valence-electron chi connectivity index (χ3n) is 2.91. The lowest BCUT2D eigenvalue weighted by Crippen LogP contribution is -2.12. The molecule has 1 heterocycles. The Morgan fingerprint density at radius 1 is 1.47 bits per heavy atom. The lowest BCUT2D eigenvalue weighted by atomic mass is 10.1. The first-order chi connectivity index (χ1) is 9.15. The van der Waals surface area contributed by atoms with Gasteiger partial charge >= 0.3 is 0 Å². The monoisotopic (exact) mass is 262 g/mol. The van der Waals surface area contributed by atoms with Gasteiger partial charge in [0.25, 0.3) is 0 Å². The Balaban J connectivity index is 2.18. The van der Waals surface area contributed by atoms with Crippen molar-refractivity contribution in [2.24, 2.45) is 0 Å². The standard InChI is InChI=1S/C14H15FN2O2/c1-3-14-16-6-7-17(14)9-12(18)10-4-5-13(19-2)11(15)8-10/h4-8H,3,9H2,1-2H3. The van der Waals surface area contributed by atoms with Gasteiger partial charge in [-0.1, -0.05) is 6.92 Å². The zero-order valence-electron chi connectivity index (χ0n) is 10.9. The maximum atomic E-state index is 13.5. The number of carbonyl (C=O) groups is 1. The van der Waals surface area contributed by atoms with Crippen LogP contribution in [0, 0.1) is 5.82 Å². The van der Waals surface area contributed by atoms with E-state index in [1.165, 1.54) is 19.2 Å². The van der Waals surface area contributed by atoms with Crippen LogP contribution in [0.2, 0.25) is 0 Å². The summed E-state index contributed by atoms with van der Waals surface area (Å²) in [5, 5.41) is 0. The molecule has 0 radical (unpaired) electrons. The van der Waals surface area contributed by atoms with Crippen molar-refractivity contribution in [2.75, 3.05) is 7.11 Å². The fourth-order valence-electron chi connectivity index (χ4n) is 1.88. The molecule has 1 aromatic carbocycles. The number of hydrogen-bond acceptors (Lipinski definition) is 3. The summed E-state index contributed by atoms with van der Waals surface area (Å²) < 4.78 is 20.1. The van der Waals surface area contributed by atoms with Crippen LogP contribution in [0.4, 0.5) is 4.39 Å². The van der Waals surface area contributed by atoms with E-state index >= 15 is 0 Å². The molecular weight excluding hydrogens is 247 g/mol. The highest BCUT2D eigenvalue weighted by Gasteiger charge is 2.12. The molecule has 0 saturated carbocycles. The van der Waals surface area contributed by atoms with E-state index in [0.29, 0.717) is 5.56 Å². The van der Waals surface area contributed by atoms with Crippen molar-refractivity contribution in [1.29, 1.82) is 0 Å². The molecule has 4 nitrogen and oxygen atoms in total. The normalized spacial score (nSPS) is 10.5. The maximum Gasteiger partial charge on any atom is 0.182 e. The second-order valence-electron chi connectivity index (χ2n) is 4.10. The van der Waals surface area contributed by atoms with Gasteiger partial charge in [0.15, 0.2) is 17.3 Å². The molecule has 0 amide bonds. The van der Waals surface area contributed by atoms with Crippen LogP contribution in [0.5, 0.6) is 5.75 Å². The van der Waals surface area contributed by atoms with E-state index in [2.05, 4.69) is 4.98 Å². The molecule has 0 spiro atoms. The van der Waals surface area contributed by atoms with E-state index in [0.717, 1.165) is 12.2 Å². The van der Waals surface area contributed by atoms with Crippen LogP contribution in [-0.4, -0.2) is 22.4 Å². The van der Waals surface area contributed by atoms with E-state index in [-0.39, 0.29) is 18.1 Å². The molecule has 0 N–H and O–H groups in total. The van der Waals surface area contributed by atoms with Crippen LogP contribution in [0.15, 0.2) is 30.6 Å². The Morgan fingerprint density at radius 2 is 2.26 bits per heavy atom. The van der Waals surface area contributed by atoms with E-state index in [1.807, 2.05) is 6.92 Å². The Labute approximate surface area is 110 Å². The molecule has 0 aliphatic carbocycles. The average molecular weight is 262 g/mol. The number of methoxy groups -OCH3 is 1. The molecule has 19 heavy (non-hydrogen) atoms. The van der Waals surface area contributed by atoms with E-state index < -0.39 is 5.82 Å². The number of ketones is 1. The van der Waals surface area contributed by atoms with Crippen LogP contribution >= 0.6 is 0 Å². The van der Waals surface area contributed by atoms with Gasteiger partial charge in [-0.05, 0) is 18.2 Å². The van der Waals surface area contributed by atoms with Crippen LogP contribution in [-0.2, 0) is 13.0 Å². The van der Waals surface area contributed by atoms with Crippen molar-refractivity contribution in [1.82, 2.24) is 9.55 Å². The van der Waals surface area contributed by atoms with E-state index in [1.54, 1.807) is 23.0 Å². The van der Waals surface area contributed by atoms with Crippen molar-refractivity contribution in [3.05, 3.63) is 47.8 Å². The molecule has 2 rings (SSSR count). The number of benzene rings is 1. The highest BCUT2D eigenvalue weighted by molar-refractivity contribution is 5.96. The minimum absolute atomic E-state index is 0.133. The summed E-state index contributed by atoms with van der Waals surface area (Å²) in [6.07, 6.45) is 4.15. The Bertz CT molecular complexity index is 593. The van der Waals surface area contributed by atoms with Gasteiger partial charge in [0.1, 0.15) is 5.82 Å². The fourth-order valence-corrected chi connectivity index (χ4v) is 1.88. The van der Waals surface area contributed by atoms with Gasteiger partial charge in [0.2, 0.25) is 0 Å². The molecule has 0 saturated heterocycles. The Hall–Kier alpha value is -2.17. The number of hydrogen-bond donors (Lipinski definition) is 0. The van der Waals surface area contributed by atoms with Gasteiger partial charge in [-0.3, -0.25) is 4.79 Å². The molecule has 100 valence electrons. The van der Waals surface area contributed by atoms with Crippen molar-refractivity contribution < 1.29 is 13.9 Å². The number of rotatable bonds is 5. The lowest BCUT2D eigenvalue weighted by molar-refractivity contribution is 0.0970. The number of aryl methyl sites for hydroxylation is 1. The lowest BCUT2D eigenvalue weighted by Gasteiger charge is -2.07. The average Bonchev–Trinajstić information content (AvgIpc) is 2.85. The predicted molar refractivity (Wildman–Crippen MR) is 68.9 cm³/mol. The third-order valence-corrected chi connectivity index (χ3v) is 2.91. The molecule has 0 atom stereocenters. The highest BCUT2D eigenvalue weighted by atomic mass is 19.1. The van der Waals surface area contributed by atoms with Gasteiger partial charge in [0, 0.05) is 24.4 Å². The molecule has 0 aliphatic rings. The number of aromatic nitrogens is 2. The molecule has 2 aromatic rings. The molecule has 0 fully saturated rings. The van der Waals surface area contributed by atoms with Crippen LogP contribution in [0.3, 0.4) is 0 Å². The van der Waals surface area contributed by atoms with Gasteiger partial charge in [-0.25, -0.2) is 9.37 Å². The van der Waals surface area contributed by atoms with Crippen LogP contribution in [0.25, 0.3) is 0 Å². The molecular formula is C14H15FN2O2. The molecule has 0 aliphatic heterocycles. The largest absolute Gasteiger partial charge is 0.494 e. The Morgan fingerprint density at radius 3 is 2.89 bits per heavy atom. The summed E-state index contributed by atoms with van der Waals surface area (Å²) in [7, 11) is 1.39. The van der Waals surface area contributed by atoms with Crippen LogP contribution < -0.4 is 4.74 Å². The predicted octanol–water partition coefficient (Wildman–Crippen LogP) is 2.48. The zero-order chi connectivity index (χ0) is 13.8. The first-order valence-corrected chi connectivity index (χ1v) is 6.02. The smallest absolute Gasteiger partial charge is 0.182 e. The maximum absolute atomic E-state index is 13.5. The van der Waals surface area contributed by atoms with Gasteiger partial charge in [0.05, 0.1) is 13.7 Å². The summed E-state index contributed by atoms with van der Waals surface area (Å²) >= 11 is 0. The molecule has 0 bridgehead atoms. The molecule has 0 unspecified atom stereocenters. The first kappa shape index (κ1) is 13.3. The first-order valence-electron chi connectivity index (χ1n) is 6.02. The summed E-state index contributed by atoms with van der Waals surface area (Å²) in [4.78, 5) is 16.2. The quantitative estimate of drug-likeness (QED) is 0.777. The zero-order valence-corrected chi connectivity index (χ0v) is 10.9. The van der Waals surface area contributed by atoms with Gasteiger partial charge in [-0.15, -0.1) is 0 Å². The SMILES string of the molecule is CCc1nccn1CC(=O)c1ccc(OC)c(F)c1. The number of carbonyl (C=O) groups excluding carboxylic acids is 1. The van der Waals surface area contributed by atoms with Crippen molar-refractivity contribution in [3.63, 3.8) is 0 Å². The van der Waals surface area contributed by atoms with Crippen LogP contribution in [0.1, 0.15) is 23.1 Å². The number of nitrogens with zero attached hydrogens (tertiary/aromatic N) is 2. The number of halogens is 1. The Kier molecular flexibility index (Phi) is 3.94. The highest BCUT2D eigenvalue weighted by Crippen LogP contribution is 2.18. The van der Waals surface area contributed by atoms with Gasteiger partial charge in [-0.2, -0.15) is 0 Å². The summed E-state index contributed by atoms with van der Waals surface area (Å²) in [5.41, 5.74) is 0.328. The van der Waals surface area contributed by atoms with Gasteiger partial charge < -0.3 is 9.30 Å². The molecule has 1 aromatic heterocycles. The minimum atomic E-state index is -0.533. The molecule has 5 heteroatoms. The van der Waals surface area contributed by atoms with Crippen molar-refractivity contribution >= 4 is 5.78 Å². The second kappa shape index (κ2) is 5.65. The van der Waals surface area contributed by atoms with Crippen molar-refractivity contribution in [3.8, 4) is 5.75 Å². The second-order valence-corrected chi connectivity index (χ2v) is 4.10. The van der Waals surface area contributed by atoms with E-state index in [9.17, 15) is 9.18 Å². The minimum Gasteiger partial charge on any atom is -0.494 e. The topological polar surface area (TPSA) is 44.1 Å². The number of Topliss-reactive ketones (excluding diaryl/α,β-unsaturated/α-hetero) is 1. The number of ether oxygens (including phenoxy) is 1. The summed E-state index contributed by atoms with van der Waals surface area (Å²) in [6, 6.07) is 4.22. The number of imidazole rings is 1. The summed E-state index contributed by atoms with van der Waals surface area (Å²) in [6.45, 7) is 2.13.